The van der Waals surface area contributed by atoms with Gasteiger partial charge in [0, 0.05) is 17.8 Å². The van der Waals surface area contributed by atoms with Crippen molar-refractivity contribution in [2.75, 3.05) is 0 Å². The van der Waals surface area contributed by atoms with E-state index in [1.807, 2.05) is 0 Å². The van der Waals surface area contributed by atoms with Gasteiger partial charge in [0.05, 0.1) is 9.40 Å². The molecule has 0 fully saturated rings. The van der Waals surface area contributed by atoms with E-state index in [0.717, 1.165) is 6.07 Å². The molecule has 0 saturated heterocycles. The molecular weight excluding hydrogens is 319 g/mol. The van der Waals surface area contributed by atoms with Gasteiger partial charge in [0.1, 0.15) is 11.6 Å². The van der Waals surface area contributed by atoms with Gasteiger partial charge in [-0.3, -0.25) is 10.1 Å². The molecule has 0 radical (unpaired) electrons. The number of ether oxygens (including phenoxy) is 1. The zero-order chi connectivity index (χ0) is 14.0. The maximum Gasteiger partial charge on any atom is 0.334 e. The van der Waals surface area contributed by atoms with Gasteiger partial charge in [-0.25, -0.2) is 9.37 Å². The van der Waals surface area contributed by atoms with Gasteiger partial charge >= 0.3 is 5.69 Å². The number of aromatic nitrogens is 1. The Morgan fingerprint density at radius 1 is 1.42 bits per heavy atom. The molecule has 7 heteroatoms. The standard InChI is InChI=1S/C12H8BrFN2O3/c1-7-4-5-15-12(11(7)16(17)18)19-10-6-8(14)2-3-9(10)13/h2-6H,1H3. The lowest BCUT2D eigenvalue weighted by Crippen LogP contribution is -1.98. The Labute approximate surface area is 116 Å². The van der Waals surface area contributed by atoms with Crippen molar-refractivity contribution < 1.29 is 14.1 Å². The normalized spacial score (nSPS) is 10.3. The summed E-state index contributed by atoms with van der Waals surface area (Å²) >= 11 is 3.18. The molecule has 0 aliphatic rings. The van der Waals surface area contributed by atoms with E-state index < -0.39 is 10.7 Å². The fourth-order valence-corrected chi connectivity index (χ4v) is 1.81. The fraction of sp³-hybridized carbons (Fsp3) is 0.0833. The van der Waals surface area contributed by atoms with Crippen LogP contribution in [-0.2, 0) is 0 Å². The summed E-state index contributed by atoms with van der Waals surface area (Å²) in [5, 5.41) is 11.0. The lowest BCUT2D eigenvalue weighted by molar-refractivity contribution is -0.386. The van der Waals surface area contributed by atoms with Crippen LogP contribution >= 0.6 is 15.9 Å². The van der Waals surface area contributed by atoms with Gasteiger partial charge in [0.15, 0.2) is 0 Å². The van der Waals surface area contributed by atoms with Gasteiger partial charge in [-0.05, 0) is 41.1 Å². The number of pyridine rings is 1. The smallest absolute Gasteiger partial charge is 0.334 e. The summed E-state index contributed by atoms with van der Waals surface area (Å²) in [6, 6.07) is 5.32. The number of nitrogens with zero attached hydrogens (tertiary/aromatic N) is 2. The minimum Gasteiger partial charge on any atom is -0.432 e. The topological polar surface area (TPSA) is 65.3 Å². The summed E-state index contributed by atoms with van der Waals surface area (Å²) in [4.78, 5) is 14.2. The Bertz CT molecular complexity index is 649. The molecule has 2 aromatic rings. The SMILES string of the molecule is Cc1ccnc(Oc2cc(F)ccc2Br)c1[N+](=O)[O-]. The molecule has 1 heterocycles. The number of benzene rings is 1. The van der Waals surface area contributed by atoms with E-state index in [2.05, 4.69) is 20.9 Å². The maximum absolute atomic E-state index is 13.1. The Kier molecular flexibility index (Phi) is 3.75. The fourth-order valence-electron chi connectivity index (χ4n) is 1.48. The van der Waals surface area contributed by atoms with Crippen molar-refractivity contribution in [3.05, 3.63) is 56.4 Å². The second-order valence-electron chi connectivity index (χ2n) is 3.72. The van der Waals surface area contributed by atoms with Gasteiger partial charge in [0.2, 0.25) is 0 Å². The molecule has 0 aliphatic heterocycles. The van der Waals surface area contributed by atoms with Crippen LogP contribution in [0.5, 0.6) is 11.6 Å². The van der Waals surface area contributed by atoms with Crippen LogP contribution in [0.3, 0.4) is 0 Å². The van der Waals surface area contributed by atoms with Crippen LogP contribution in [-0.4, -0.2) is 9.91 Å². The number of hydrogen-bond donors (Lipinski definition) is 0. The molecule has 0 unspecified atom stereocenters. The average molecular weight is 327 g/mol. The largest absolute Gasteiger partial charge is 0.432 e. The first kappa shape index (κ1) is 13.4. The zero-order valence-electron chi connectivity index (χ0n) is 9.76. The van der Waals surface area contributed by atoms with E-state index in [0.29, 0.717) is 10.0 Å². The minimum atomic E-state index is -0.579. The van der Waals surface area contributed by atoms with Crippen LogP contribution in [0.4, 0.5) is 10.1 Å². The minimum absolute atomic E-state index is 0.126. The summed E-state index contributed by atoms with van der Waals surface area (Å²) in [6.07, 6.45) is 1.39. The van der Waals surface area contributed by atoms with Crippen LogP contribution in [0.1, 0.15) is 5.56 Å². The summed E-state index contributed by atoms with van der Waals surface area (Å²) in [5.41, 5.74) is 0.182. The molecule has 0 spiro atoms. The van der Waals surface area contributed by atoms with Crippen LogP contribution in [0, 0.1) is 22.9 Å². The highest BCUT2D eigenvalue weighted by molar-refractivity contribution is 9.10. The predicted molar refractivity (Wildman–Crippen MR) is 69.8 cm³/mol. The maximum atomic E-state index is 13.1. The zero-order valence-corrected chi connectivity index (χ0v) is 11.3. The predicted octanol–water partition coefficient (Wildman–Crippen LogP) is 3.99. The molecule has 1 aromatic heterocycles. The van der Waals surface area contributed by atoms with E-state index in [9.17, 15) is 14.5 Å². The number of hydrogen-bond acceptors (Lipinski definition) is 4. The highest BCUT2D eigenvalue weighted by Gasteiger charge is 2.21. The van der Waals surface area contributed by atoms with E-state index in [4.69, 9.17) is 4.74 Å². The van der Waals surface area contributed by atoms with Crippen molar-refractivity contribution in [1.29, 1.82) is 0 Å². The summed E-state index contributed by atoms with van der Waals surface area (Å²) < 4.78 is 18.9. The molecule has 0 amide bonds. The molecule has 0 bridgehead atoms. The van der Waals surface area contributed by atoms with Crippen LogP contribution in [0.2, 0.25) is 0 Å². The lowest BCUT2D eigenvalue weighted by atomic mass is 10.2. The lowest BCUT2D eigenvalue weighted by Gasteiger charge is -2.08. The van der Waals surface area contributed by atoms with Gasteiger partial charge in [-0.15, -0.1) is 0 Å². The van der Waals surface area contributed by atoms with Crippen molar-refractivity contribution in [3.63, 3.8) is 0 Å². The Hall–Kier alpha value is -2.02. The first-order valence-corrected chi connectivity index (χ1v) is 6.01. The van der Waals surface area contributed by atoms with Crippen LogP contribution < -0.4 is 4.74 Å². The highest BCUT2D eigenvalue weighted by atomic mass is 79.9. The van der Waals surface area contributed by atoms with Gasteiger partial charge < -0.3 is 4.74 Å². The number of aryl methyl sites for hydroxylation is 1. The second kappa shape index (κ2) is 5.31. The monoisotopic (exact) mass is 326 g/mol. The van der Waals surface area contributed by atoms with E-state index in [-0.39, 0.29) is 17.3 Å². The van der Waals surface area contributed by atoms with E-state index >= 15 is 0 Å². The molecule has 1 aromatic carbocycles. The van der Waals surface area contributed by atoms with Crippen molar-refractivity contribution >= 4 is 21.6 Å². The number of halogens is 2. The quantitative estimate of drug-likeness (QED) is 0.631. The van der Waals surface area contributed by atoms with Crippen LogP contribution in [0.15, 0.2) is 34.9 Å². The summed E-state index contributed by atoms with van der Waals surface area (Å²) in [7, 11) is 0. The highest BCUT2D eigenvalue weighted by Crippen LogP contribution is 2.35. The molecule has 19 heavy (non-hydrogen) atoms. The number of nitro groups is 1. The third kappa shape index (κ3) is 2.87. The van der Waals surface area contributed by atoms with Crippen molar-refractivity contribution in [2.45, 2.75) is 6.92 Å². The van der Waals surface area contributed by atoms with Gasteiger partial charge in [-0.2, -0.15) is 0 Å². The average Bonchev–Trinajstić information content (AvgIpc) is 2.33. The Morgan fingerprint density at radius 2 is 2.16 bits per heavy atom. The summed E-state index contributed by atoms with van der Waals surface area (Å²) in [6.45, 7) is 1.58. The second-order valence-corrected chi connectivity index (χ2v) is 4.57. The molecule has 5 nitrogen and oxygen atoms in total. The molecule has 0 saturated carbocycles. The molecule has 0 atom stereocenters. The van der Waals surface area contributed by atoms with E-state index in [1.165, 1.54) is 24.4 Å². The first-order valence-electron chi connectivity index (χ1n) is 5.22. The van der Waals surface area contributed by atoms with Crippen molar-refractivity contribution in [1.82, 2.24) is 4.98 Å². The summed E-state index contributed by atoms with van der Waals surface area (Å²) in [5.74, 6) is -0.550. The van der Waals surface area contributed by atoms with Crippen molar-refractivity contribution in [2.24, 2.45) is 0 Å². The molecular formula is C12H8BrFN2O3. The first-order chi connectivity index (χ1) is 8.99. The molecule has 0 N–H and O–H groups in total. The Balaban J connectivity index is 2.46. The molecule has 2 rings (SSSR count). The third-order valence-corrected chi connectivity index (χ3v) is 3.03. The van der Waals surface area contributed by atoms with E-state index in [1.54, 1.807) is 6.92 Å². The van der Waals surface area contributed by atoms with Crippen molar-refractivity contribution in [3.8, 4) is 11.6 Å². The molecule has 0 aliphatic carbocycles. The van der Waals surface area contributed by atoms with Crippen LogP contribution in [0.25, 0.3) is 0 Å². The number of rotatable bonds is 3. The Morgan fingerprint density at radius 3 is 2.84 bits per heavy atom. The molecule has 98 valence electrons. The third-order valence-electron chi connectivity index (χ3n) is 2.37. The van der Waals surface area contributed by atoms with Gasteiger partial charge in [0.25, 0.3) is 5.88 Å². The van der Waals surface area contributed by atoms with Gasteiger partial charge in [-0.1, -0.05) is 0 Å².